The standard InChI is InChI=1S/C15H23F3N2O10S4/c1-12(2,33(25,26)27)14(5,16)31(21,22)19-10-6-8-11(9-7-10)20-32(23,24)15(17,18)13(3,4)34(28,29)30/h6-9,19-20H,1-5H3,(H,25,26,27)(H,28,29,30). The maximum atomic E-state index is 15.0. The molecule has 1 atom stereocenters. The van der Waals surface area contributed by atoms with Gasteiger partial charge in [0.2, 0.25) is 5.00 Å². The third-order valence-electron chi connectivity index (χ3n) is 5.30. The van der Waals surface area contributed by atoms with Gasteiger partial charge in [0.25, 0.3) is 30.3 Å². The first-order chi connectivity index (χ1) is 14.7. The van der Waals surface area contributed by atoms with E-state index in [2.05, 4.69) is 0 Å². The van der Waals surface area contributed by atoms with Crippen LogP contribution in [-0.2, 0) is 40.3 Å². The van der Waals surface area contributed by atoms with Gasteiger partial charge in [-0.15, -0.1) is 0 Å². The van der Waals surface area contributed by atoms with Crippen molar-refractivity contribution in [1.29, 1.82) is 0 Å². The molecule has 1 rings (SSSR count). The number of sulfonamides is 2. The van der Waals surface area contributed by atoms with E-state index in [1.807, 2.05) is 0 Å². The summed E-state index contributed by atoms with van der Waals surface area (Å²) in [4.78, 5) is 0. The quantitative estimate of drug-likeness (QED) is 0.297. The van der Waals surface area contributed by atoms with E-state index in [9.17, 15) is 47.0 Å². The van der Waals surface area contributed by atoms with Crippen LogP contribution < -0.4 is 9.44 Å². The fourth-order valence-electron chi connectivity index (χ4n) is 2.10. The Morgan fingerprint density at radius 2 is 0.912 bits per heavy atom. The predicted molar refractivity (Wildman–Crippen MR) is 117 cm³/mol. The number of benzene rings is 1. The van der Waals surface area contributed by atoms with Gasteiger partial charge in [-0.1, -0.05) is 0 Å². The Balaban J connectivity index is 3.27. The highest BCUT2D eigenvalue weighted by molar-refractivity contribution is 7.96. The minimum Gasteiger partial charge on any atom is -0.285 e. The monoisotopic (exact) mass is 576 g/mol. The van der Waals surface area contributed by atoms with Crippen LogP contribution in [0.1, 0.15) is 34.6 Å². The molecular weight excluding hydrogens is 553 g/mol. The van der Waals surface area contributed by atoms with Crippen LogP contribution in [0.25, 0.3) is 0 Å². The largest absolute Gasteiger partial charge is 0.384 e. The summed E-state index contributed by atoms with van der Waals surface area (Å²) in [6.07, 6.45) is 0. The first-order valence-electron chi connectivity index (χ1n) is 8.81. The number of halogens is 3. The zero-order chi connectivity index (χ0) is 27.4. The molecule has 0 aromatic heterocycles. The van der Waals surface area contributed by atoms with Crippen molar-refractivity contribution in [2.75, 3.05) is 9.44 Å². The number of alkyl halides is 3. The van der Waals surface area contributed by atoms with E-state index in [-0.39, 0.29) is 13.8 Å². The van der Waals surface area contributed by atoms with Gasteiger partial charge in [0.1, 0.15) is 4.75 Å². The van der Waals surface area contributed by atoms with E-state index < -0.39 is 71.4 Å². The van der Waals surface area contributed by atoms with Crippen LogP contribution in [0.4, 0.5) is 24.5 Å². The van der Waals surface area contributed by atoms with Gasteiger partial charge in [-0.05, 0) is 58.9 Å². The van der Waals surface area contributed by atoms with Gasteiger partial charge in [0.05, 0.1) is 0 Å². The third-order valence-corrected chi connectivity index (χ3v) is 12.5. The average molecular weight is 577 g/mol. The normalized spacial score (nSPS) is 16.5. The number of hydrogen-bond donors (Lipinski definition) is 4. The molecule has 34 heavy (non-hydrogen) atoms. The summed E-state index contributed by atoms with van der Waals surface area (Å²) in [6, 6.07) is 3.07. The minimum absolute atomic E-state index is 0.279. The smallest absolute Gasteiger partial charge is 0.285 e. The fraction of sp³-hybridized carbons (Fsp3) is 0.600. The number of hydrogen-bond acceptors (Lipinski definition) is 8. The van der Waals surface area contributed by atoms with Crippen molar-refractivity contribution in [1.82, 2.24) is 0 Å². The highest BCUT2D eigenvalue weighted by Gasteiger charge is 2.64. The summed E-state index contributed by atoms with van der Waals surface area (Å²) >= 11 is 0. The van der Waals surface area contributed by atoms with Gasteiger partial charge in [-0.25, -0.2) is 21.2 Å². The van der Waals surface area contributed by atoms with Gasteiger partial charge in [-0.3, -0.25) is 18.5 Å². The molecule has 0 bridgehead atoms. The average Bonchev–Trinajstić information content (AvgIpc) is 2.60. The molecule has 0 heterocycles. The molecule has 0 saturated carbocycles. The van der Waals surface area contributed by atoms with E-state index in [0.717, 1.165) is 24.3 Å². The Labute approximate surface area is 195 Å². The highest BCUT2D eigenvalue weighted by Crippen LogP contribution is 2.40. The van der Waals surface area contributed by atoms with E-state index in [1.54, 1.807) is 4.72 Å². The Morgan fingerprint density at radius 3 is 1.21 bits per heavy atom. The molecule has 198 valence electrons. The number of anilines is 2. The number of nitrogens with one attached hydrogen (secondary N) is 2. The van der Waals surface area contributed by atoms with E-state index in [0.29, 0.717) is 20.8 Å². The summed E-state index contributed by atoms with van der Waals surface area (Å²) in [5, 5.41) is -8.62. The van der Waals surface area contributed by atoms with Crippen molar-refractivity contribution >= 4 is 51.7 Å². The van der Waals surface area contributed by atoms with Crippen LogP contribution >= 0.6 is 0 Å². The lowest BCUT2D eigenvalue weighted by Gasteiger charge is -2.34. The predicted octanol–water partition coefficient (Wildman–Crippen LogP) is 1.78. The molecule has 4 N–H and O–H groups in total. The van der Waals surface area contributed by atoms with Crippen molar-refractivity contribution in [3.8, 4) is 0 Å². The van der Waals surface area contributed by atoms with Crippen LogP contribution in [0.2, 0.25) is 0 Å². The van der Waals surface area contributed by atoms with Crippen molar-refractivity contribution in [2.45, 2.75) is 54.4 Å². The molecule has 0 amide bonds. The molecule has 12 nitrogen and oxygen atoms in total. The van der Waals surface area contributed by atoms with Crippen molar-refractivity contribution in [3.05, 3.63) is 24.3 Å². The summed E-state index contributed by atoms with van der Waals surface area (Å²) < 4.78 is 153. The molecule has 0 spiro atoms. The summed E-state index contributed by atoms with van der Waals surface area (Å²) in [5.41, 5.74) is -1.06. The fourth-order valence-corrected chi connectivity index (χ4v) is 6.66. The second-order valence-electron chi connectivity index (χ2n) is 8.19. The van der Waals surface area contributed by atoms with Gasteiger partial charge >= 0.3 is 15.3 Å². The zero-order valence-corrected chi connectivity index (χ0v) is 21.5. The molecule has 19 heteroatoms. The lowest BCUT2D eigenvalue weighted by Crippen LogP contribution is -2.56. The molecule has 1 aromatic rings. The van der Waals surface area contributed by atoms with Gasteiger partial charge in [0, 0.05) is 11.4 Å². The van der Waals surface area contributed by atoms with Crippen LogP contribution in [-0.4, -0.2) is 62.5 Å². The Morgan fingerprint density at radius 1 is 0.618 bits per heavy atom. The maximum Gasteiger partial charge on any atom is 0.384 e. The first kappa shape index (κ1) is 30.4. The Bertz CT molecular complexity index is 1260. The van der Waals surface area contributed by atoms with Crippen LogP contribution in [0, 0.1) is 0 Å². The molecule has 0 saturated heterocycles. The second kappa shape index (κ2) is 8.47. The first-order valence-corrected chi connectivity index (χ1v) is 14.7. The lowest BCUT2D eigenvalue weighted by atomic mass is 10.1. The molecule has 0 aliphatic heterocycles. The molecule has 0 aliphatic carbocycles. The van der Waals surface area contributed by atoms with E-state index in [4.69, 9.17) is 4.55 Å². The molecule has 1 aromatic carbocycles. The van der Waals surface area contributed by atoms with Crippen LogP contribution in [0.3, 0.4) is 0 Å². The highest BCUT2D eigenvalue weighted by atomic mass is 32.2. The second-order valence-corrected chi connectivity index (χ2v) is 15.8. The molecule has 1 unspecified atom stereocenters. The molecular formula is C15H23F3N2O10S4. The van der Waals surface area contributed by atoms with Crippen LogP contribution in [0.5, 0.6) is 0 Å². The number of rotatable bonds is 10. The Kier molecular flexibility index (Phi) is 7.56. The molecule has 0 aliphatic rings. The van der Waals surface area contributed by atoms with Crippen molar-refractivity contribution in [2.24, 2.45) is 0 Å². The Hall–Kier alpha value is -1.67. The SMILES string of the molecule is CC(C)(C(C)(F)S(=O)(=O)Nc1ccc(NS(=O)(=O)C(F)(F)C(C)(C)S(=O)(=O)O)cc1)S(=O)(=O)O. The van der Waals surface area contributed by atoms with Gasteiger partial charge in [-0.2, -0.15) is 25.6 Å². The van der Waals surface area contributed by atoms with Crippen LogP contribution in [0.15, 0.2) is 24.3 Å². The topological polar surface area (TPSA) is 201 Å². The maximum absolute atomic E-state index is 15.0. The lowest BCUT2D eigenvalue weighted by molar-refractivity contribution is 0.0526. The third kappa shape index (κ3) is 4.99. The van der Waals surface area contributed by atoms with Gasteiger partial charge < -0.3 is 0 Å². The van der Waals surface area contributed by atoms with Crippen molar-refractivity contribution in [3.63, 3.8) is 0 Å². The zero-order valence-electron chi connectivity index (χ0n) is 18.2. The molecule has 0 radical (unpaired) electrons. The van der Waals surface area contributed by atoms with Gasteiger partial charge in [0.15, 0.2) is 4.75 Å². The summed E-state index contributed by atoms with van der Waals surface area (Å²) in [7, 11) is -21.7. The summed E-state index contributed by atoms with van der Waals surface area (Å²) in [5.74, 6) is 0. The van der Waals surface area contributed by atoms with E-state index in [1.165, 1.54) is 4.72 Å². The van der Waals surface area contributed by atoms with E-state index >= 15 is 4.39 Å². The van der Waals surface area contributed by atoms with Crippen molar-refractivity contribution < 1.29 is 55.9 Å². The summed E-state index contributed by atoms with van der Waals surface area (Å²) in [6.45, 7) is 2.18. The molecule has 0 fully saturated rings. The minimum atomic E-state index is -5.78.